The van der Waals surface area contributed by atoms with E-state index in [1.807, 2.05) is 17.0 Å². The third-order valence-electron chi connectivity index (χ3n) is 3.00. The maximum Gasteiger partial charge on any atom is 0.131 e. The molecule has 19 heavy (non-hydrogen) atoms. The van der Waals surface area contributed by atoms with E-state index in [9.17, 15) is 0 Å². The van der Waals surface area contributed by atoms with Crippen LogP contribution in [-0.4, -0.2) is 11.5 Å². The van der Waals surface area contributed by atoms with Crippen LogP contribution in [0.1, 0.15) is 36.7 Å². The molecular weight excluding hydrogens is 256 g/mol. The van der Waals surface area contributed by atoms with Gasteiger partial charge < -0.3 is 10.1 Å². The van der Waals surface area contributed by atoms with E-state index in [1.165, 1.54) is 11.1 Å². The summed E-state index contributed by atoms with van der Waals surface area (Å²) in [6.07, 6.45) is 0. The van der Waals surface area contributed by atoms with E-state index in [1.54, 1.807) is 11.3 Å². The topological polar surface area (TPSA) is 34.1 Å². The molecule has 1 aromatic carbocycles. The first-order chi connectivity index (χ1) is 9.20. The second-order valence-corrected chi connectivity index (χ2v) is 5.31. The van der Waals surface area contributed by atoms with Gasteiger partial charge in [-0.2, -0.15) is 0 Å². The minimum atomic E-state index is 0.287. The molecule has 0 fully saturated rings. The van der Waals surface area contributed by atoms with Gasteiger partial charge in [0.25, 0.3) is 0 Å². The number of benzene rings is 1. The van der Waals surface area contributed by atoms with Gasteiger partial charge in [0.1, 0.15) is 12.4 Å². The Bertz CT molecular complexity index is 511. The number of nitrogens with one attached hydrogen (secondary N) is 1. The molecule has 1 aromatic heterocycles. The van der Waals surface area contributed by atoms with E-state index in [2.05, 4.69) is 43.2 Å². The molecule has 1 heterocycles. The summed E-state index contributed by atoms with van der Waals surface area (Å²) >= 11 is 1.59. The van der Waals surface area contributed by atoms with Crippen LogP contribution in [-0.2, 0) is 6.61 Å². The standard InChI is InChI=1S/C15H20N2OS/c1-4-16-12(3)14-7-11(2)5-6-15(14)18-8-13-9-19-10-17-13/h5-7,9-10,12,16H,4,8H2,1-3H3. The van der Waals surface area contributed by atoms with E-state index in [4.69, 9.17) is 4.74 Å². The van der Waals surface area contributed by atoms with Gasteiger partial charge in [0.2, 0.25) is 0 Å². The Morgan fingerprint density at radius 3 is 2.95 bits per heavy atom. The molecule has 0 spiro atoms. The van der Waals surface area contributed by atoms with Gasteiger partial charge in [-0.3, -0.25) is 0 Å². The molecule has 0 aliphatic carbocycles. The van der Waals surface area contributed by atoms with E-state index < -0.39 is 0 Å². The van der Waals surface area contributed by atoms with Gasteiger partial charge >= 0.3 is 0 Å². The predicted octanol–water partition coefficient (Wildman–Crippen LogP) is 3.70. The molecule has 0 bridgehead atoms. The zero-order valence-electron chi connectivity index (χ0n) is 11.6. The van der Waals surface area contributed by atoms with Gasteiger partial charge in [0, 0.05) is 17.0 Å². The minimum absolute atomic E-state index is 0.287. The summed E-state index contributed by atoms with van der Waals surface area (Å²) in [5, 5.41) is 5.44. The van der Waals surface area contributed by atoms with Gasteiger partial charge in [-0.1, -0.05) is 24.6 Å². The highest BCUT2D eigenvalue weighted by molar-refractivity contribution is 7.07. The first kappa shape index (κ1) is 14.0. The van der Waals surface area contributed by atoms with Crippen LogP contribution in [0.5, 0.6) is 5.75 Å². The third kappa shape index (κ3) is 3.78. The molecule has 1 atom stereocenters. The molecule has 0 saturated carbocycles. The lowest BCUT2D eigenvalue weighted by molar-refractivity contribution is 0.296. The molecule has 1 N–H and O–H groups in total. The molecule has 3 nitrogen and oxygen atoms in total. The number of hydrogen-bond acceptors (Lipinski definition) is 4. The number of nitrogens with zero attached hydrogens (tertiary/aromatic N) is 1. The van der Waals surface area contributed by atoms with Gasteiger partial charge in [-0.25, -0.2) is 4.98 Å². The number of ether oxygens (including phenoxy) is 1. The lowest BCUT2D eigenvalue weighted by Crippen LogP contribution is -2.18. The Hall–Kier alpha value is -1.39. The van der Waals surface area contributed by atoms with Crippen molar-refractivity contribution >= 4 is 11.3 Å². The molecule has 2 rings (SSSR count). The summed E-state index contributed by atoms with van der Waals surface area (Å²) in [7, 11) is 0. The molecular formula is C15H20N2OS. The second kappa shape index (κ2) is 6.68. The van der Waals surface area contributed by atoms with Crippen LogP contribution in [0.25, 0.3) is 0 Å². The Labute approximate surface area is 118 Å². The zero-order chi connectivity index (χ0) is 13.7. The summed E-state index contributed by atoms with van der Waals surface area (Å²) in [5.74, 6) is 0.937. The van der Waals surface area contributed by atoms with Crippen molar-refractivity contribution in [2.45, 2.75) is 33.4 Å². The summed E-state index contributed by atoms with van der Waals surface area (Å²) in [4.78, 5) is 4.24. The Morgan fingerprint density at radius 2 is 2.26 bits per heavy atom. The summed E-state index contributed by atoms with van der Waals surface area (Å²) in [6.45, 7) is 7.85. The van der Waals surface area contributed by atoms with Crippen LogP contribution in [0.15, 0.2) is 29.1 Å². The van der Waals surface area contributed by atoms with Crippen molar-refractivity contribution in [2.24, 2.45) is 0 Å². The van der Waals surface area contributed by atoms with E-state index >= 15 is 0 Å². The van der Waals surface area contributed by atoms with Crippen molar-refractivity contribution in [1.29, 1.82) is 0 Å². The quantitative estimate of drug-likeness (QED) is 0.873. The smallest absolute Gasteiger partial charge is 0.131 e. The molecule has 1 unspecified atom stereocenters. The van der Waals surface area contributed by atoms with Crippen LogP contribution in [0.4, 0.5) is 0 Å². The average Bonchev–Trinajstić information content (AvgIpc) is 2.90. The fourth-order valence-electron chi connectivity index (χ4n) is 2.01. The maximum atomic E-state index is 5.91. The lowest BCUT2D eigenvalue weighted by Gasteiger charge is -2.18. The monoisotopic (exact) mass is 276 g/mol. The predicted molar refractivity (Wildman–Crippen MR) is 79.7 cm³/mol. The maximum absolute atomic E-state index is 5.91. The average molecular weight is 276 g/mol. The van der Waals surface area contributed by atoms with Crippen molar-refractivity contribution in [3.8, 4) is 5.75 Å². The van der Waals surface area contributed by atoms with Crippen LogP contribution in [0.2, 0.25) is 0 Å². The third-order valence-corrected chi connectivity index (χ3v) is 3.64. The number of aromatic nitrogens is 1. The fourth-order valence-corrected chi connectivity index (χ4v) is 2.56. The van der Waals surface area contributed by atoms with Crippen molar-refractivity contribution in [3.05, 3.63) is 45.9 Å². The first-order valence-electron chi connectivity index (χ1n) is 6.54. The van der Waals surface area contributed by atoms with Crippen molar-refractivity contribution in [2.75, 3.05) is 6.54 Å². The van der Waals surface area contributed by atoms with Gasteiger partial charge in [-0.15, -0.1) is 11.3 Å². The van der Waals surface area contributed by atoms with Crippen LogP contribution >= 0.6 is 11.3 Å². The van der Waals surface area contributed by atoms with Gasteiger partial charge in [0.15, 0.2) is 0 Å². The summed E-state index contributed by atoms with van der Waals surface area (Å²) in [6, 6.07) is 6.60. The Kier molecular flexibility index (Phi) is 4.93. The number of hydrogen-bond donors (Lipinski definition) is 1. The second-order valence-electron chi connectivity index (χ2n) is 4.59. The van der Waals surface area contributed by atoms with Crippen LogP contribution in [0.3, 0.4) is 0 Å². The molecule has 4 heteroatoms. The number of thiazole rings is 1. The van der Waals surface area contributed by atoms with Gasteiger partial charge in [-0.05, 0) is 26.5 Å². The van der Waals surface area contributed by atoms with Gasteiger partial charge in [0.05, 0.1) is 11.2 Å². The van der Waals surface area contributed by atoms with Crippen molar-refractivity contribution in [3.63, 3.8) is 0 Å². The van der Waals surface area contributed by atoms with Crippen molar-refractivity contribution < 1.29 is 4.74 Å². The number of rotatable bonds is 6. The molecule has 0 aliphatic rings. The summed E-state index contributed by atoms with van der Waals surface area (Å²) < 4.78 is 5.91. The van der Waals surface area contributed by atoms with E-state index in [0.29, 0.717) is 6.61 Å². The van der Waals surface area contributed by atoms with E-state index in [-0.39, 0.29) is 6.04 Å². The largest absolute Gasteiger partial charge is 0.487 e. The molecule has 2 aromatic rings. The highest BCUT2D eigenvalue weighted by atomic mass is 32.1. The number of aryl methyl sites for hydroxylation is 1. The highest BCUT2D eigenvalue weighted by Gasteiger charge is 2.11. The van der Waals surface area contributed by atoms with Crippen molar-refractivity contribution in [1.82, 2.24) is 10.3 Å². The first-order valence-corrected chi connectivity index (χ1v) is 7.48. The fraction of sp³-hybridized carbons (Fsp3) is 0.400. The van der Waals surface area contributed by atoms with Crippen LogP contribution < -0.4 is 10.1 Å². The zero-order valence-corrected chi connectivity index (χ0v) is 12.5. The highest BCUT2D eigenvalue weighted by Crippen LogP contribution is 2.27. The molecule has 0 radical (unpaired) electrons. The Morgan fingerprint density at radius 1 is 1.42 bits per heavy atom. The Balaban J connectivity index is 2.14. The van der Waals surface area contributed by atoms with E-state index in [0.717, 1.165) is 18.0 Å². The molecule has 0 amide bonds. The normalized spacial score (nSPS) is 12.4. The SMILES string of the molecule is CCNC(C)c1cc(C)ccc1OCc1cscn1. The van der Waals surface area contributed by atoms with Crippen LogP contribution in [0, 0.1) is 6.92 Å². The molecule has 0 aliphatic heterocycles. The minimum Gasteiger partial charge on any atom is -0.487 e. The lowest BCUT2D eigenvalue weighted by atomic mass is 10.0. The molecule has 0 saturated heterocycles. The summed E-state index contributed by atoms with van der Waals surface area (Å²) in [5.41, 5.74) is 5.26. The molecule has 102 valence electrons.